The van der Waals surface area contributed by atoms with Crippen LogP contribution in [0.3, 0.4) is 0 Å². The van der Waals surface area contributed by atoms with Gasteiger partial charge in [-0.15, -0.1) is 0 Å². The maximum absolute atomic E-state index is 11.9. The first-order chi connectivity index (χ1) is 11.6. The topological polar surface area (TPSA) is 90.2 Å². The van der Waals surface area contributed by atoms with Crippen LogP contribution in [0.4, 0.5) is 5.82 Å². The highest BCUT2D eigenvalue weighted by Crippen LogP contribution is 2.24. The number of nitrogens with zero attached hydrogens (tertiary/aromatic N) is 3. The maximum Gasteiger partial charge on any atom is 0.354 e. The van der Waals surface area contributed by atoms with E-state index in [1.54, 1.807) is 12.3 Å². The molecular formula is C18H25N5O. The summed E-state index contributed by atoms with van der Waals surface area (Å²) in [5.41, 5.74) is 13.2. The lowest BCUT2D eigenvalue weighted by atomic mass is 10.1. The molecule has 1 aliphatic rings. The third kappa shape index (κ3) is 3.66. The van der Waals surface area contributed by atoms with E-state index in [9.17, 15) is 4.79 Å². The van der Waals surface area contributed by atoms with E-state index in [1.807, 2.05) is 12.1 Å². The second-order valence-corrected chi connectivity index (χ2v) is 6.46. The molecule has 1 heterocycles. The molecule has 6 heteroatoms. The van der Waals surface area contributed by atoms with E-state index in [1.165, 1.54) is 16.6 Å². The second kappa shape index (κ2) is 7.15. The number of benzene rings is 1. The fraction of sp³-hybridized carbons (Fsp3) is 0.444. The lowest BCUT2D eigenvalue weighted by Crippen LogP contribution is -2.34. The highest BCUT2D eigenvalue weighted by Gasteiger charge is 2.26. The Hall–Kier alpha value is -2.18. The van der Waals surface area contributed by atoms with Crippen LogP contribution < -0.4 is 17.2 Å². The molecule has 2 atom stereocenters. The van der Waals surface area contributed by atoms with Gasteiger partial charge in [-0.3, -0.25) is 9.47 Å². The second-order valence-electron chi connectivity index (χ2n) is 6.46. The van der Waals surface area contributed by atoms with Crippen molar-refractivity contribution in [3.05, 3.63) is 52.6 Å². The van der Waals surface area contributed by atoms with Crippen molar-refractivity contribution in [1.82, 2.24) is 14.5 Å². The first kappa shape index (κ1) is 16.7. The summed E-state index contributed by atoms with van der Waals surface area (Å²) >= 11 is 0. The SMILES string of the molecule is CCN(Cc1ccc(-n2ccc(N)nc2=O)cc1)[C@H]1CCC(N)C1. The molecule has 0 saturated heterocycles. The smallest absolute Gasteiger partial charge is 0.354 e. The molecule has 1 aliphatic carbocycles. The standard InChI is InChI=1S/C18H25N5O/c1-2-22(16-8-5-14(19)11-16)12-13-3-6-15(7-4-13)23-10-9-17(20)21-18(23)24/h3-4,6-7,9-10,14,16H,2,5,8,11-12,19H2,1H3,(H2,20,21,24)/t14?,16-/m0/s1. The normalized spacial score (nSPS) is 20.6. The molecule has 1 aromatic heterocycles. The highest BCUT2D eigenvalue weighted by molar-refractivity contribution is 5.36. The summed E-state index contributed by atoms with van der Waals surface area (Å²) < 4.78 is 1.49. The number of anilines is 1. The van der Waals surface area contributed by atoms with Gasteiger partial charge >= 0.3 is 5.69 Å². The van der Waals surface area contributed by atoms with Gasteiger partial charge in [0.05, 0.1) is 5.69 Å². The minimum absolute atomic E-state index is 0.237. The zero-order valence-electron chi connectivity index (χ0n) is 14.1. The van der Waals surface area contributed by atoms with Gasteiger partial charge in [0.1, 0.15) is 5.82 Å². The average molecular weight is 327 g/mol. The Kier molecular flexibility index (Phi) is 4.97. The number of aromatic nitrogens is 2. The van der Waals surface area contributed by atoms with Gasteiger partial charge in [0, 0.05) is 24.8 Å². The summed E-state index contributed by atoms with van der Waals surface area (Å²) in [5, 5.41) is 0. The molecule has 0 amide bonds. The molecular weight excluding hydrogens is 302 g/mol. The van der Waals surface area contributed by atoms with Crippen LogP contribution in [0.5, 0.6) is 0 Å². The summed E-state index contributed by atoms with van der Waals surface area (Å²) in [4.78, 5) is 18.1. The van der Waals surface area contributed by atoms with Crippen LogP contribution in [0.15, 0.2) is 41.3 Å². The van der Waals surface area contributed by atoms with Crippen molar-refractivity contribution in [2.45, 2.75) is 44.8 Å². The summed E-state index contributed by atoms with van der Waals surface area (Å²) in [5.74, 6) is 0.237. The van der Waals surface area contributed by atoms with Gasteiger partial charge in [0.25, 0.3) is 0 Å². The first-order valence-corrected chi connectivity index (χ1v) is 8.51. The highest BCUT2D eigenvalue weighted by atomic mass is 16.1. The van der Waals surface area contributed by atoms with Crippen LogP contribution in [0.1, 0.15) is 31.7 Å². The van der Waals surface area contributed by atoms with E-state index in [-0.39, 0.29) is 11.5 Å². The van der Waals surface area contributed by atoms with Crippen LogP contribution in [0, 0.1) is 0 Å². The van der Waals surface area contributed by atoms with Crippen LogP contribution in [-0.2, 0) is 6.54 Å². The summed E-state index contributed by atoms with van der Waals surface area (Å²) in [7, 11) is 0. The molecule has 6 nitrogen and oxygen atoms in total. The zero-order valence-corrected chi connectivity index (χ0v) is 14.1. The summed E-state index contributed by atoms with van der Waals surface area (Å²) in [6.07, 6.45) is 5.03. The number of hydrogen-bond acceptors (Lipinski definition) is 5. The third-order valence-corrected chi connectivity index (χ3v) is 4.79. The van der Waals surface area contributed by atoms with Gasteiger partial charge in [-0.2, -0.15) is 4.98 Å². The molecule has 2 aromatic rings. The lowest BCUT2D eigenvalue weighted by Gasteiger charge is -2.27. The van der Waals surface area contributed by atoms with Gasteiger partial charge in [0.2, 0.25) is 0 Å². The van der Waals surface area contributed by atoms with Crippen molar-refractivity contribution in [2.75, 3.05) is 12.3 Å². The summed E-state index contributed by atoms with van der Waals surface area (Å²) in [6.45, 7) is 4.11. The number of nitrogen functional groups attached to an aromatic ring is 1. The van der Waals surface area contributed by atoms with E-state index in [4.69, 9.17) is 11.5 Å². The molecule has 3 rings (SSSR count). The average Bonchev–Trinajstić information content (AvgIpc) is 3.00. The van der Waals surface area contributed by atoms with Crippen molar-refractivity contribution in [1.29, 1.82) is 0 Å². The van der Waals surface area contributed by atoms with E-state index < -0.39 is 0 Å². The third-order valence-electron chi connectivity index (χ3n) is 4.79. The van der Waals surface area contributed by atoms with Crippen LogP contribution in [-0.4, -0.2) is 33.1 Å². The van der Waals surface area contributed by atoms with Gasteiger partial charge in [-0.05, 0) is 49.6 Å². The fourth-order valence-corrected chi connectivity index (χ4v) is 3.43. The van der Waals surface area contributed by atoms with E-state index in [0.717, 1.165) is 31.6 Å². The minimum Gasteiger partial charge on any atom is -0.383 e. The lowest BCUT2D eigenvalue weighted by molar-refractivity contribution is 0.199. The van der Waals surface area contributed by atoms with Gasteiger partial charge in [0.15, 0.2) is 0 Å². The van der Waals surface area contributed by atoms with E-state index >= 15 is 0 Å². The quantitative estimate of drug-likeness (QED) is 0.869. The van der Waals surface area contributed by atoms with Crippen molar-refractivity contribution in [2.24, 2.45) is 5.73 Å². The molecule has 4 N–H and O–H groups in total. The molecule has 0 radical (unpaired) electrons. The van der Waals surface area contributed by atoms with Gasteiger partial charge < -0.3 is 11.5 Å². The predicted octanol–water partition coefficient (Wildman–Crippen LogP) is 1.52. The number of nitrogens with two attached hydrogens (primary N) is 2. The van der Waals surface area contributed by atoms with E-state index in [2.05, 4.69) is 28.9 Å². The molecule has 0 spiro atoms. The molecule has 0 aliphatic heterocycles. The largest absolute Gasteiger partial charge is 0.383 e. The maximum atomic E-state index is 11.9. The predicted molar refractivity (Wildman–Crippen MR) is 95.9 cm³/mol. The Bertz CT molecular complexity index is 740. The minimum atomic E-state index is -0.363. The van der Waals surface area contributed by atoms with Crippen LogP contribution >= 0.6 is 0 Å². The molecule has 24 heavy (non-hydrogen) atoms. The fourth-order valence-electron chi connectivity index (χ4n) is 3.43. The monoisotopic (exact) mass is 327 g/mol. The molecule has 128 valence electrons. The Morgan fingerprint density at radius 1 is 1.25 bits per heavy atom. The van der Waals surface area contributed by atoms with Crippen LogP contribution in [0.25, 0.3) is 5.69 Å². The van der Waals surface area contributed by atoms with E-state index in [0.29, 0.717) is 12.1 Å². The molecule has 0 bridgehead atoms. The van der Waals surface area contributed by atoms with Crippen molar-refractivity contribution < 1.29 is 0 Å². The van der Waals surface area contributed by atoms with Crippen LogP contribution in [0.2, 0.25) is 0 Å². The Morgan fingerprint density at radius 3 is 2.58 bits per heavy atom. The number of rotatable bonds is 5. The first-order valence-electron chi connectivity index (χ1n) is 8.51. The molecule has 1 saturated carbocycles. The zero-order chi connectivity index (χ0) is 17.1. The van der Waals surface area contributed by atoms with Crippen molar-refractivity contribution >= 4 is 5.82 Å². The van der Waals surface area contributed by atoms with Crippen molar-refractivity contribution in [3.63, 3.8) is 0 Å². The molecule has 1 fully saturated rings. The summed E-state index contributed by atoms with van der Waals surface area (Å²) in [6, 6.07) is 10.6. The molecule has 1 unspecified atom stereocenters. The Morgan fingerprint density at radius 2 is 2.00 bits per heavy atom. The van der Waals surface area contributed by atoms with Gasteiger partial charge in [-0.25, -0.2) is 4.79 Å². The molecule has 1 aromatic carbocycles. The Balaban J connectivity index is 1.73. The van der Waals surface area contributed by atoms with Gasteiger partial charge in [-0.1, -0.05) is 19.1 Å². The van der Waals surface area contributed by atoms with Crippen molar-refractivity contribution in [3.8, 4) is 5.69 Å². The number of hydrogen-bond donors (Lipinski definition) is 2. The Labute approximate surface area is 142 Å².